The summed E-state index contributed by atoms with van der Waals surface area (Å²) in [7, 11) is 1.43. The third kappa shape index (κ3) is 2.88. The van der Waals surface area contributed by atoms with E-state index in [0.29, 0.717) is 6.61 Å². The molecule has 6 heteroatoms. The van der Waals surface area contributed by atoms with Gasteiger partial charge in [0.05, 0.1) is 6.61 Å². The van der Waals surface area contributed by atoms with Crippen molar-refractivity contribution in [1.29, 1.82) is 0 Å². The normalized spacial score (nSPS) is 24.5. The lowest BCUT2D eigenvalue weighted by molar-refractivity contribution is -0.150. The van der Waals surface area contributed by atoms with Crippen molar-refractivity contribution in [3.63, 3.8) is 0 Å². The topological polar surface area (TPSA) is 76.1 Å². The molecule has 1 aliphatic heterocycles. The first-order chi connectivity index (χ1) is 7.69. The fraction of sp³-hybridized carbons (Fsp3) is 0.818. The van der Waals surface area contributed by atoms with Crippen molar-refractivity contribution >= 4 is 12.1 Å². The summed E-state index contributed by atoms with van der Waals surface area (Å²) in [6, 6.07) is 0. The highest BCUT2D eigenvalue weighted by molar-refractivity contribution is 5.84. The van der Waals surface area contributed by atoms with Crippen LogP contribution in [-0.2, 0) is 14.3 Å². The minimum Gasteiger partial charge on any atom is -0.479 e. The summed E-state index contributed by atoms with van der Waals surface area (Å²) in [4.78, 5) is 24.3. The van der Waals surface area contributed by atoms with Crippen molar-refractivity contribution in [2.75, 3.05) is 20.3 Å². The van der Waals surface area contributed by atoms with E-state index in [2.05, 4.69) is 0 Å². The molecule has 0 aromatic heterocycles. The van der Waals surface area contributed by atoms with Crippen LogP contribution in [0.15, 0.2) is 0 Å². The first kappa shape index (κ1) is 13.8. The van der Waals surface area contributed by atoms with E-state index < -0.39 is 23.2 Å². The zero-order chi connectivity index (χ0) is 13.3. The predicted octanol–water partition coefficient (Wildman–Crippen LogP) is 1.10. The van der Waals surface area contributed by atoms with Crippen LogP contribution in [0, 0.1) is 0 Å². The molecule has 17 heavy (non-hydrogen) atoms. The van der Waals surface area contributed by atoms with Gasteiger partial charge in [-0.05, 0) is 20.8 Å². The molecule has 0 aromatic rings. The van der Waals surface area contributed by atoms with E-state index in [1.807, 2.05) is 0 Å². The van der Waals surface area contributed by atoms with Gasteiger partial charge in [0, 0.05) is 20.1 Å². The first-order valence-corrected chi connectivity index (χ1v) is 5.47. The van der Waals surface area contributed by atoms with Gasteiger partial charge >= 0.3 is 12.1 Å². The van der Waals surface area contributed by atoms with Crippen LogP contribution in [0.5, 0.6) is 0 Å². The molecule has 1 atom stereocenters. The molecule has 1 aliphatic rings. The van der Waals surface area contributed by atoms with E-state index >= 15 is 0 Å². The number of carbonyl (C=O) groups excluding carboxylic acids is 1. The molecule has 1 heterocycles. The number of likely N-dealkylation sites (N-methyl/N-ethyl adjacent to an activating group) is 1. The molecule has 0 bridgehead atoms. The van der Waals surface area contributed by atoms with Crippen molar-refractivity contribution in [2.45, 2.75) is 38.3 Å². The molecule has 1 rings (SSSR count). The molecule has 98 valence electrons. The molecule has 0 aromatic carbocycles. The average molecular weight is 245 g/mol. The van der Waals surface area contributed by atoms with Crippen molar-refractivity contribution in [3.8, 4) is 0 Å². The maximum atomic E-state index is 11.8. The second-order valence-electron chi connectivity index (χ2n) is 5.18. The van der Waals surface area contributed by atoms with Gasteiger partial charge in [-0.2, -0.15) is 0 Å². The van der Waals surface area contributed by atoms with Crippen LogP contribution in [0.1, 0.15) is 27.2 Å². The standard InChI is InChI=1S/C11H19NO5/c1-10(2,3)17-9(15)12(4)11(8(13)14)5-6-16-7-11/h5-7H2,1-4H3,(H,13,14). The third-order valence-corrected chi connectivity index (χ3v) is 2.71. The number of carboxylic acid groups (broad SMARTS) is 1. The summed E-state index contributed by atoms with van der Waals surface area (Å²) in [5.41, 5.74) is -1.95. The molecule has 0 spiro atoms. The Balaban J connectivity index is 2.83. The average Bonchev–Trinajstić information content (AvgIpc) is 2.63. The highest BCUT2D eigenvalue weighted by Gasteiger charge is 2.49. The maximum absolute atomic E-state index is 11.8. The SMILES string of the molecule is CN(C(=O)OC(C)(C)C)C1(C(=O)O)CCOC1. The Hall–Kier alpha value is -1.30. The van der Waals surface area contributed by atoms with Gasteiger partial charge in [0.25, 0.3) is 0 Å². The molecule has 0 saturated carbocycles. The minimum absolute atomic E-state index is 0.00191. The molecule has 1 saturated heterocycles. The number of amides is 1. The Kier molecular flexibility index (Phi) is 3.66. The largest absolute Gasteiger partial charge is 0.479 e. The van der Waals surface area contributed by atoms with Gasteiger partial charge in [-0.3, -0.25) is 4.90 Å². The number of ether oxygens (including phenoxy) is 2. The van der Waals surface area contributed by atoms with E-state index in [-0.39, 0.29) is 13.0 Å². The van der Waals surface area contributed by atoms with Gasteiger partial charge in [0.1, 0.15) is 5.60 Å². The molecular weight excluding hydrogens is 226 g/mol. The summed E-state index contributed by atoms with van der Waals surface area (Å²) in [6.07, 6.45) is -0.372. The van der Waals surface area contributed by atoms with Crippen molar-refractivity contribution in [3.05, 3.63) is 0 Å². The summed E-state index contributed by atoms with van der Waals surface area (Å²) in [6.45, 7) is 5.53. The smallest absolute Gasteiger partial charge is 0.411 e. The number of rotatable bonds is 2. The lowest BCUT2D eigenvalue weighted by atomic mass is 9.97. The fourth-order valence-corrected chi connectivity index (χ4v) is 1.64. The second-order valence-corrected chi connectivity index (χ2v) is 5.18. The van der Waals surface area contributed by atoms with E-state index in [4.69, 9.17) is 9.47 Å². The Morgan fingerprint density at radius 1 is 1.41 bits per heavy atom. The number of hydrogen-bond acceptors (Lipinski definition) is 4. The maximum Gasteiger partial charge on any atom is 0.411 e. The van der Waals surface area contributed by atoms with E-state index in [1.54, 1.807) is 20.8 Å². The van der Waals surface area contributed by atoms with Crippen LogP contribution in [0.25, 0.3) is 0 Å². The Morgan fingerprint density at radius 3 is 2.35 bits per heavy atom. The van der Waals surface area contributed by atoms with Gasteiger partial charge < -0.3 is 14.6 Å². The molecule has 6 nitrogen and oxygen atoms in total. The van der Waals surface area contributed by atoms with Gasteiger partial charge in [0.15, 0.2) is 5.54 Å². The Bertz CT molecular complexity index is 314. The van der Waals surface area contributed by atoms with Gasteiger partial charge in [-0.15, -0.1) is 0 Å². The molecule has 1 fully saturated rings. The second kappa shape index (κ2) is 4.52. The molecule has 0 aliphatic carbocycles. The molecular formula is C11H19NO5. The number of carboxylic acids is 1. The molecule has 1 unspecified atom stereocenters. The predicted molar refractivity (Wildman–Crippen MR) is 59.8 cm³/mol. The Morgan fingerprint density at radius 2 is 2.00 bits per heavy atom. The summed E-state index contributed by atoms with van der Waals surface area (Å²) >= 11 is 0. The number of aliphatic carboxylic acids is 1. The highest BCUT2D eigenvalue weighted by atomic mass is 16.6. The zero-order valence-corrected chi connectivity index (χ0v) is 10.6. The van der Waals surface area contributed by atoms with Gasteiger partial charge in [0.2, 0.25) is 0 Å². The van der Waals surface area contributed by atoms with Crippen LogP contribution in [0.2, 0.25) is 0 Å². The molecule has 1 amide bonds. The van der Waals surface area contributed by atoms with Crippen LogP contribution >= 0.6 is 0 Å². The summed E-state index contributed by atoms with van der Waals surface area (Å²) in [5.74, 6) is -1.07. The van der Waals surface area contributed by atoms with Crippen LogP contribution < -0.4 is 0 Å². The lowest BCUT2D eigenvalue weighted by Gasteiger charge is -2.34. The molecule has 0 radical (unpaired) electrons. The van der Waals surface area contributed by atoms with E-state index in [9.17, 15) is 14.7 Å². The summed E-state index contributed by atoms with van der Waals surface area (Å²) < 4.78 is 10.2. The van der Waals surface area contributed by atoms with Crippen molar-refractivity contribution < 1.29 is 24.2 Å². The monoisotopic (exact) mass is 245 g/mol. The molecule has 1 N–H and O–H groups in total. The van der Waals surface area contributed by atoms with Crippen LogP contribution in [0.3, 0.4) is 0 Å². The minimum atomic E-state index is -1.30. The van der Waals surface area contributed by atoms with Crippen molar-refractivity contribution in [1.82, 2.24) is 4.90 Å². The van der Waals surface area contributed by atoms with Gasteiger partial charge in [-0.25, -0.2) is 9.59 Å². The van der Waals surface area contributed by atoms with E-state index in [1.165, 1.54) is 7.05 Å². The van der Waals surface area contributed by atoms with Crippen LogP contribution in [0.4, 0.5) is 4.79 Å². The zero-order valence-electron chi connectivity index (χ0n) is 10.6. The van der Waals surface area contributed by atoms with E-state index in [0.717, 1.165) is 4.90 Å². The fourth-order valence-electron chi connectivity index (χ4n) is 1.64. The first-order valence-electron chi connectivity index (χ1n) is 5.47. The number of nitrogens with zero attached hydrogens (tertiary/aromatic N) is 1. The van der Waals surface area contributed by atoms with Crippen molar-refractivity contribution in [2.24, 2.45) is 0 Å². The van der Waals surface area contributed by atoms with Gasteiger partial charge in [-0.1, -0.05) is 0 Å². The number of carbonyl (C=O) groups is 2. The Labute approximate surface area is 100 Å². The third-order valence-electron chi connectivity index (χ3n) is 2.71. The highest BCUT2D eigenvalue weighted by Crippen LogP contribution is 2.27. The lowest BCUT2D eigenvalue weighted by Crippen LogP contribution is -2.56. The summed E-state index contributed by atoms with van der Waals surface area (Å²) in [5, 5.41) is 9.25. The van der Waals surface area contributed by atoms with Crippen LogP contribution in [-0.4, -0.2) is 53.5 Å². The quantitative estimate of drug-likeness (QED) is 0.788. The number of hydrogen-bond donors (Lipinski definition) is 1.